The summed E-state index contributed by atoms with van der Waals surface area (Å²) >= 11 is 0. The van der Waals surface area contributed by atoms with Crippen LogP contribution in [0.3, 0.4) is 0 Å². The highest BCUT2D eigenvalue weighted by Gasteiger charge is 2.22. The minimum absolute atomic E-state index is 0.119. The number of nitrogens with zero attached hydrogens (tertiary/aromatic N) is 4. The Morgan fingerprint density at radius 3 is 3.14 bits per heavy atom. The number of hydrogen-bond acceptors (Lipinski definition) is 3. The van der Waals surface area contributed by atoms with Crippen LogP contribution < -0.4 is 5.32 Å². The van der Waals surface area contributed by atoms with Crippen LogP contribution in [0.15, 0.2) is 30.7 Å². The predicted molar refractivity (Wildman–Crippen MR) is 84.7 cm³/mol. The zero-order chi connectivity index (χ0) is 15.5. The van der Waals surface area contributed by atoms with Gasteiger partial charge in [-0.05, 0) is 37.0 Å². The Bertz CT molecular complexity index is 666. The maximum absolute atomic E-state index is 12.2. The average Bonchev–Trinajstić information content (AvgIpc) is 2.94. The summed E-state index contributed by atoms with van der Waals surface area (Å²) in [5, 5.41) is 2.84. The summed E-state index contributed by atoms with van der Waals surface area (Å²) < 4.78 is 2.19. The van der Waals surface area contributed by atoms with Crippen LogP contribution in [0.1, 0.15) is 17.8 Å². The molecule has 0 aromatic carbocycles. The molecule has 1 atom stereocenters. The van der Waals surface area contributed by atoms with Gasteiger partial charge in [-0.15, -0.1) is 0 Å². The van der Waals surface area contributed by atoms with E-state index < -0.39 is 0 Å². The van der Waals surface area contributed by atoms with Gasteiger partial charge in [0.15, 0.2) is 0 Å². The second-order valence-electron chi connectivity index (χ2n) is 5.92. The molecule has 0 saturated carbocycles. The molecule has 0 aliphatic carbocycles. The number of amides is 2. The predicted octanol–water partition coefficient (Wildman–Crippen LogP) is 2.31. The maximum Gasteiger partial charge on any atom is 0.322 e. The van der Waals surface area contributed by atoms with E-state index in [9.17, 15) is 4.79 Å². The fraction of sp³-hybridized carbons (Fsp3) is 0.438. The molecule has 3 rings (SSSR count). The molecule has 0 unspecified atom stereocenters. The first kappa shape index (κ1) is 14.6. The third-order valence-corrected chi connectivity index (χ3v) is 4.08. The van der Waals surface area contributed by atoms with Gasteiger partial charge in [-0.25, -0.2) is 14.8 Å². The zero-order valence-electron chi connectivity index (χ0n) is 13.0. The first-order valence-corrected chi connectivity index (χ1v) is 7.56. The Hall–Kier alpha value is -2.37. The summed E-state index contributed by atoms with van der Waals surface area (Å²) in [6.07, 6.45) is 7.56. The van der Waals surface area contributed by atoms with Crippen molar-refractivity contribution in [1.82, 2.24) is 19.4 Å². The van der Waals surface area contributed by atoms with Crippen molar-refractivity contribution < 1.29 is 4.79 Å². The van der Waals surface area contributed by atoms with Crippen molar-refractivity contribution in [2.45, 2.75) is 26.3 Å². The lowest BCUT2D eigenvalue weighted by Crippen LogP contribution is -2.37. The normalized spacial score (nSPS) is 16.9. The first-order chi connectivity index (χ1) is 10.6. The number of fused-ring (bicyclic) bond motifs is 1. The molecule has 3 heterocycles. The van der Waals surface area contributed by atoms with E-state index in [-0.39, 0.29) is 6.03 Å². The van der Waals surface area contributed by atoms with E-state index >= 15 is 0 Å². The highest BCUT2D eigenvalue weighted by molar-refractivity contribution is 5.88. The molecule has 2 aromatic rings. The van der Waals surface area contributed by atoms with Gasteiger partial charge >= 0.3 is 6.03 Å². The molecule has 22 heavy (non-hydrogen) atoms. The van der Waals surface area contributed by atoms with Gasteiger partial charge in [0.25, 0.3) is 0 Å². The molecule has 2 aromatic heterocycles. The SMILES string of the molecule is Cc1ccnc(NC(=O)N(C)C[C@@H]2CCn3ccnc3C2)c1. The Morgan fingerprint density at radius 2 is 2.32 bits per heavy atom. The number of hydrogen-bond donors (Lipinski definition) is 1. The van der Waals surface area contributed by atoms with Gasteiger partial charge in [0, 0.05) is 45.1 Å². The van der Waals surface area contributed by atoms with E-state index in [2.05, 4.69) is 19.9 Å². The summed E-state index contributed by atoms with van der Waals surface area (Å²) in [5.41, 5.74) is 1.08. The molecular formula is C16H21N5O. The van der Waals surface area contributed by atoms with E-state index in [1.807, 2.05) is 38.5 Å². The van der Waals surface area contributed by atoms with Gasteiger partial charge in [-0.1, -0.05) is 0 Å². The van der Waals surface area contributed by atoms with E-state index in [1.54, 1.807) is 11.1 Å². The number of carbonyl (C=O) groups excluding carboxylic acids is 1. The number of imidazole rings is 1. The average molecular weight is 299 g/mol. The third-order valence-electron chi connectivity index (χ3n) is 4.08. The van der Waals surface area contributed by atoms with Gasteiger partial charge in [0.2, 0.25) is 0 Å². The number of carbonyl (C=O) groups is 1. The van der Waals surface area contributed by atoms with Crippen LogP contribution in [0.5, 0.6) is 0 Å². The number of anilines is 1. The number of nitrogens with one attached hydrogen (secondary N) is 1. The first-order valence-electron chi connectivity index (χ1n) is 7.56. The molecular weight excluding hydrogens is 278 g/mol. The van der Waals surface area contributed by atoms with Gasteiger partial charge in [0.05, 0.1) is 0 Å². The summed E-state index contributed by atoms with van der Waals surface area (Å²) in [7, 11) is 1.83. The Balaban J connectivity index is 1.55. The zero-order valence-corrected chi connectivity index (χ0v) is 13.0. The fourth-order valence-corrected chi connectivity index (χ4v) is 2.85. The van der Waals surface area contributed by atoms with Crippen molar-refractivity contribution in [3.05, 3.63) is 42.1 Å². The smallest absolute Gasteiger partial charge is 0.322 e. The van der Waals surface area contributed by atoms with Gasteiger partial charge in [-0.2, -0.15) is 0 Å². The Morgan fingerprint density at radius 1 is 1.45 bits per heavy atom. The van der Waals surface area contributed by atoms with Crippen LogP contribution >= 0.6 is 0 Å². The number of pyridine rings is 1. The molecule has 0 radical (unpaired) electrons. The highest BCUT2D eigenvalue weighted by atomic mass is 16.2. The van der Waals surface area contributed by atoms with E-state index in [4.69, 9.17) is 0 Å². The molecule has 6 heteroatoms. The second kappa shape index (κ2) is 6.17. The van der Waals surface area contributed by atoms with Gasteiger partial charge < -0.3 is 9.47 Å². The van der Waals surface area contributed by atoms with Crippen molar-refractivity contribution in [3.63, 3.8) is 0 Å². The summed E-state index contributed by atoms with van der Waals surface area (Å²) in [6, 6.07) is 3.65. The van der Waals surface area contributed by atoms with Crippen LogP contribution in [0.4, 0.5) is 10.6 Å². The molecule has 1 aliphatic heterocycles. The standard InChI is InChI=1S/C16H21N5O/c1-12-3-5-17-14(9-12)19-16(22)20(2)11-13-4-7-21-8-6-18-15(21)10-13/h3,5-6,8-9,13H,4,7,10-11H2,1-2H3,(H,17,19,22)/t13-/m1/s1. The Labute approximate surface area is 130 Å². The van der Waals surface area contributed by atoms with Gasteiger partial charge in [0.1, 0.15) is 11.6 Å². The van der Waals surface area contributed by atoms with Crippen LogP contribution in [0.25, 0.3) is 0 Å². The minimum atomic E-state index is -0.119. The lowest BCUT2D eigenvalue weighted by Gasteiger charge is -2.27. The van der Waals surface area contributed by atoms with Crippen molar-refractivity contribution in [2.75, 3.05) is 18.9 Å². The lowest BCUT2D eigenvalue weighted by atomic mass is 9.97. The van der Waals surface area contributed by atoms with Crippen LogP contribution in [-0.2, 0) is 13.0 Å². The molecule has 0 spiro atoms. The summed E-state index contributed by atoms with van der Waals surface area (Å²) in [6.45, 7) is 3.69. The number of aromatic nitrogens is 3. The monoisotopic (exact) mass is 299 g/mol. The molecule has 116 valence electrons. The summed E-state index contributed by atoms with van der Waals surface area (Å²) in [4.78, 5) is 22.5. The van der Waals surface area contributed by atoms with Gasteiger partial charge in [-0.3, -0.25) is 5.32 Å². The second-order valence-corrected chi connectivity index (χ2v) is 5.92. The Kier molecular flexibility index (Phi) is 4.09. The largest absolute Gasteiger partial charge is 0.335 e. The van der Waals surface area contributed by atoms with Crippen molar-refractivity contribution >= 4 is 11.8 Å². The number of urea groups is 1. The highest BCUT2D eigenvalue weighted by Crippen LogP contribution is 2.20. The molecule has 0 fully saturated rings. The summed E-state index contributed by atoms with van der Waals surface area (Å²) in [5.74, 6) is 2.16. The fourth-order valence-electron chi connectivity index (χ4n) is 2.85. The van der Waals surface area contributed by atoms with E-state index in [1.165, 1.54) is 0 Å². The maximum atomic E-state index is 12.2. The quantitative estimate of drug-likeness (QED) is 0.946. The molecule has 0 saturated heterocycles. The van der Waals surface area contributed by atoms with Crippen molar-refractivity contribution in [1.29, 1.82) is 0 Å². The minimum Gasteiger partial charge on any atom is -0.335 e. The van der Waals surface area contributed by atoms with Crippen LogP contribution in [-0.4, -0.2) is 39.1 Å². The molecule has 2 amide bonds. The molecule has 6 nitrogen and oxygen atoms in total. The van der Waals surface area contributed by atoms with E-state index in [0.717, 1.165) is 37.3 Å². The topological polar surface area (TPSA) is 63.1 Å². The number of rotatable bonds is 3. The van der Waals surface area contributed by atoms with Crippen LogP contribution in [0.2, 0.25) is 0 Å². The molecule has 1 aliphatic rings. The molecule has 0 bridgehead atoms. The van der Waals surface area contributed by atoms with Crippen LogP contribution in [0, 0.1) is 12.8 Å². The third kappa shape index (κ3) is 3.27. The van der Waals surface area contributed by atoms with E-state index in [0.29, 0.717) is 11.7 Å². The number of aryl methyl sites for hydroxylation is 2. The van der Waals surface area contributed by atoms with Crippen molar-refractivity contribution in [2.24, 2.45) is 5.92 Å². The molecule has 1 N–H and O–H groups in total. The van der Waals surface area contributed by atoms with Crippen molar-refractivity contribution in [3.8, 4) is 0 Å². The lowest BCUT2D eigenvalue weighted by molar-refractivity contribution is 0.207.